The molecule has 0 saturated carbocycles. The van der Waals surface area contributed by atoms with Crippen molar-refractivity contribution in [3.05, 3.63) is 94.5 Å². The minimum absolute atomic E-state index is 0.0491. The molecular formula is C31H26O10. The van der Waals surface area contributed by atoms with Crippen LogP contribution in [0.1, 0.15) is 50.7 Å². The summed E-state index contributed by atoms with van der Waals surface area (Å²) in [6, 6.07) is 16.3. The van der Waals surface area contributed by atoms with Gasteiger partial charge < -0.3 is 44.8 Å². The summed E-state index contributed by atoms with van der Waals surface area (Å²) in [6.45, 7) is 0. The van der Waals surface area contributed by atoms with Crippen LogP contribution in [0.3, 0.4) is 0 Å². The molecule has 210 valence electrons. The minimum atomic E-state index is -1.33. The maximum atomic E-state index is 14.0. The first-order valence-electron chi connectivity index (χ1n) is 12.8. The topological polar surface area (TPSA) is 166 Å². The molecule has 0 radical (unpaired) electrons. The molecule has 0 amide bonds. The third kappa shape index (κ3) is 4.38. The number of fused-ring (bicyclic) bond motifs is 2. The zero-order chi connectivity index (χ0) is 29.0. The van der Waals surface area contributed by atoms with Crippen molar-refractivity contribution in [1.82, 2.24) is 0 Å². The van der Waals surface area contributed by atoms with Gasteiger partial charge in [0.2, 0.25) is 0 Å². The standard InChI is InChI=1S/C31H26O10/c1-39-18-8-4-15(5-9-18)31-27(29(38)25-20(34)10-17(33)11-24(25)41-31)26-21(35)13-23-19(28(26)37)12-22(36)30(40-23)14-2-6-16(32)7-3-14/h2-11,13,22,27,30-37H,12H2,1H3/t22-,27+,30-,31+/m0/s1. The molecule has 6 rings (SSSR count). The van der Waals surface area contributed by atoms with E-state index in [-0.39, 0.29) is 46.1 Å². The minimum Gasteiger partial charge on any atom is -0.508 e. The van der Waals surface area contributed by atoms with Gasteiger partial charge in [0.25, 0.3) is 0 Å². The number of carbonyl (C=O) groups excluding carboxylic acids is 1. The lowest BCUT2D eigenvalue weighted by molar-refractivity contribution is 0.0196. The number of carbonyl (C=O) groups is 1. The summed E-state index contributed by atoms with van der Waals surface area (Å²) in [7, 11) is 1.51. The molecule has 10 nitrogen and oxygen atoms in total. The van der Waals surface area contributed by atoms with Crippen molar-refractivity contribution in [3.63, 3.8) is 0 Å². The average molecular weight is 559 g/mol. The highest BCUT2D eigenvalue weighted by Gasteiger charge is 2.45. The van der Waals surface area contributed by atoms with Crippen LogP contribution >= 0.6 is 0 Å². The van der Waals surface area contributed by atoms with E-state index in [1.807, 2.05) is 0 Å². The zero-order valence-electron chi connectivity index (χ0n) is 21.7. The smallest absolute Gasteiger partial charge is 0.182 e. The first kappa shape index (κ1) is 26.1. The van der Waals surface area contributed by atoms with Gasteiger partial charge in [0.15, 0.2) is 5.78 Å². The van der Waals surface area contributed by atoms with Crippen LogP contribution in [0.5, 0.6) is 46.0 Å². The number of hydrogen-bond acceptors (Lipinski definition) is 10. The maximum absolute atomic E-state index is 14.0. The molecule has 0 unspecified atom stereocenters. The summed E-state index contributed by atoms with van der Waals surface area (Å²) in [5, 5.41) is 63.8. The van der Waals surface area contributed by atoms with Gasteiger partial charge in [-0.15, -0.1) is 0 Å². The van der Waals surface area contributed by atoms with Gasteiger partial charge >= 0.3 is 0 Å². The summed E-state index contributed by atoms with van der Waals surface area (Å²) < 4.78 is 17.4. The van der Waals surface area contributed by atoms with Gasteiger partial charge in [-0.25, -0.2) is 0 Å². The van der Waals surface area contributed by atoms with Gasteiger partial charge in [0, 0.05) is 30.2 Å². The molecule has 0 aromatic heterocycles. The van der Waals surface area contributed by atoms with E-state index >= 15 is 0 Å². The second kappa shape index (κ2) is 9.83. The van der Waals surface area contributed by atoms with Crippen LogP contribution in [0.4, 0.5) is 0 Å². The summed E-state index contributed by atoms with van der Waals surface area (Å²) in [5.41, 5.74) is 0.888. The number of Topliss-reactive ketones (excluding diaryl/α,β-unsaturated/α-hetero) is 1. The first-order chi connectivity index (χ1) is 19.7. The Kier molecular flexibility index (Phi) is 6.27. The van der Waals surface area contributed by atoms with Crippen molar-refractivity contribution >= 4 is 5.78 Å². The Hall–Kier alpha value is -5.09. The summed E-state index contributed by atoms with van der Waals surface area (Å²) in [4.78, 5) is 14.0. The summed E-state index contributed by atoms with van der Waals surface area (Å²) >= 11 is 0. The number of hydrogen-bond donors (Lipinski definition) is 6. The monoisotopic (exact) mass is 558 g/mol. The second-order valence-electron chi connectivity index (χ2n) is 10.0. The fourth-order valence-electron chi connectivity index (χ4n) is 5.55. The third-order valence-corrected chi connectivity index (χ3v) is 7.53. The molecule has 4 atom stereocenters. The number of ether oxygens (including phenoxy) is 3. The number of rotatable bonds is 4. The molecule has 0 spiro atoms. The van der Waals surface area contributed by atoms with Gasteiger partial charge in [0.1, 0.15) is 63.8 Å². The quantitative estimate of drug-likeness (QED) is 0.212. The molecule has 4 aromatic rings. The third-order valence-electron chi connectivity index (χ3n) is 7.53. The molecule has 0 aliphatic carbocycles. The van der Waals surface area contributed by atoms with E-state index in [9.17, 15) is 35.4 Å². The van der Waals surface area contributed by atoms with Crippen LogP contribution in [0.2, 0.25) is 0 Å². The van der Waals surface area contributed by atoms with Gasteiger partial charge in [-0.3, -0.25) is 4.79 Å². The van der Waals surface area contributed by atoms with Crippen molar-refractivity contribution in [1.29, 1.82) is 0 Å². The Labute approximate surface area is 233 Å². The highest BCUT2D eigenvalue weighted by molar-refractivity contribution is 6.07. The largest absolute Gasteiger partial charge is 0.508 e. The normalized spacial score (nSPS) is 21.3. The van der Waals surface area contributed by atoms with E-state index in [0.717, 1.165) is 6.07 Å². The molecule has 0 saturated heterocycles. The average Bonchev–Trinajstić information content (AvgIpc) is 2.94. The van der Waals surface area contributed by atoms with Gasteiger partial charge in [-0.2, -0.15) is 0 Å². The Morgan fingerprint density at radius 3 is 2.07 bits per heavy atom. The van der Waals surface area contributed by atoms with E-state index < -0.39 is 47.3 Å². The lowest BCUT2D eigenvalue weighted by Gasteiger charge is -2.36. The molecule has 10 heteroatoms. The van der Waals surface area contributed by atoms with Gasteiger partial charge in [0.05, 0.1) is 24.7 Å². The highest BCUT2D eigenvalue weighted by atomic mass is 16.5. The molecular weight excluding hydrogens is 532 g/mol. The van der Waals surface area contributed by atoms with Crippen molar-refractivity contribution in [3.8, 4) is 46.0 Å². The number of aromatic hydroxyl groups is 5. The number of aliphatic hydroxyl groups excluding tert-OH is 1. The molecule has 2 heterocycles. The zero-order valence-corrected chi connectivity index (χ0v) is 21.7. The molecule has 0 bridgehead atoms. The SMILES string of the molecule is COc1ccc([C@H]2Oc3cc(O)cc(O)c3C(=O)[C@H]2c2c(O)cc3c(c2O)C[C@H](O)[C@H](c2ccc(O)cc2)O3)cc1. The van der Waals surface area contributed by atoms with Crippen LogP contribution in [0, 0.1) is 0 Å². The summed E-state index contributed by atoms with van der Waals surface area (Å²) in [6.07, 6.45) is -3.09. The first-order valence-corrected chi connectivity index (χ1v) is 12.8. The predicted molar refractivity (Wildman–Crippen MR) is 144 cm³/mol. The second-order valence-corrected chi connectivity index (χ2v) is 10.0. The van der Waals surface area contributed by atoms with Crippen LogP contribution in [0.25, 0.3) is 0 Å². The molecule has 41 heavy (non-hydrogen) atoms. The molecule has 4 aromatic carbocycles. The van der Waals surface area contributed by atoms with Crippen molar-refractivity contribution in [2.24, 2.45) is 0 Å². The Morgan fingerprint density at radius 2 is 1.39 bits per heavy atom. The number of benzene rings is 4. The number of aliphatic hydroxyl groups is 1. The van der Waals surface area contributed by atoms with Gasteiger partial charge in [-0.1, -0.05) is 24.3 Å². The molecule has 6 N–H and O–H groups in total. The number of ketones is 1. The highest BCUT2D eigenvalue weighted by Crippen LogP contribution is 2.54. The molecule has 2 aliphatic rings. The predicted octanol–water partition coefficient (Wildman–Crippen LogP) is 4.36. The number of phenolic OH excluding ortho intramolecular Hbond substituents is 5. The Balaban J connectivity index is 1.47. The van der Waals surface area contributed by atoms with Crippen LogP contribution in [0.15, 0.2) is 66.7 Å². The van der Waals surface area contributed by atoms with E-state index in [1.54, 1.807) is 36.4 Å². The number of phenols is 5. The van der Waals surface area contributed by atoms with Gasteiger partial charge in [-0.05, 0) is 35.4 Å². The number of methoxy groups -OCH3 is 1. The van der Waals surface area contributed by atoms with Crippen LogP contribution < -0.4 is 14.2 Å². The summed E-state index contributed by atoms with van der Waals surface area (Å²) in [5.74, 6) is -3.06. The fourth-order valence-corrected chi connectivity index (χ4v) is 5.55. The van der Waals surface area contributed by atoms with E-state index in [1.165, 1.54) is 31.4 Å². The fraction of sp³-hybridized carbons (Fsp3) is 0.194. The Morgan fingerprint density at radius 1 is 0.756 bits per heavy atom. The van der Waals surface area contributed by atoms with Crippen molar-refractivity contribution in [2.75, 3.05) is 7.11 Å². The van der Waals surface area contributed by atoms with E-state index in [0.29, 0.717) is 16.9 Å². The maximum Gasteiger partial charge on any atom is 0.182 e. The van der Waals surface area contributed by atoms with Crippen LogP contribution in [-0.4, -0.2) is 49.6 Å². The Bertz CT molecular complexity index is 1650. The molecule has 2 aliphatic heterocycles. The lowest BCUT2D eigenvalue weighted by atomic mass is 9.78. The lowest BCUT2D eigenvalue weighted by Crippen LogP contribution is -2.32. The van der Waals surface area contributed by atoms with Crippen molar-refractivity contribution < 1.29 is 49.6 Å². The molecule has 0 fully saturated rings. The van der Waals surface area contributed by atoms with Crippen LogP contribution in [-0.2, 0) is 6.42 Å². The van der Waals surface area contributed by atoms with E-state index in [2.05, 4.69) is 0 Å². The van der Waals surface area contributed by atoms with E-state index in [4.69, 9.17) is 14.2 Å². The van der Waals surface area contributed by atoms with Crippen molar-refractivity contribution in [2.45, 2.75) is 30.7 Å².